The second-order valence-corrected chi connectivity index (χ2v) is 10.1. The number of hydrogen-bond acceptors (Lipinski definition) is 0. The highest BCUT2D eigenvalue weighted by molar-refractivity contribution is 6.18. The normalized spacial score (nSPS) is 14.2. The van der Waals surface area contributed by atoms with Gasteiger partial charge in [-0.25, -0.2) is 0 Å². The lowest BCUT2D eigenvalue weighted by molar-refractivity contribution is 0.499. The Labute approximate surface area is 212 Å². The Balaban J connectivity index is 1.59. The fourth-order valence-corrected chi connectivity index (χ4v) is 6.65. The number of aromatic nitrogens is 2. The zero-order valence-corrected chi connectivity index (χ0v) is 20.9. The molecule has 0 bridgehead atoms. The molecule has 6 aromatic rings. The van der Waals surface area contributed by atoms with Gasteiger partial charge in [-0.2, -0.15) is 0 Å². The molecule has 0 N–H and O–H groups in total. The van der Waals surface area contributed by atoms with E-state index in [0.29, 0.717) is 0 Å². The number of rotatable bonds is 4. The van der Waals surface area contributed by atoms with E-state index in [1.807, 2.05) is 0 Å². The van der Waals surface area contributed by atoms with Crippen molar-refractivity contribution in [1.29, 1.82) is 0 Å². The highest BCUT2D eigenvalue weighted by Crippen LogP contribution is 2.44. The first-order valence-corrected chi connectivity index (χ1v) is 13.0. The SMILES string of the molecule is CC(C(c1ccccc1)c1ccccc1)n1c2c(c3ccc4c5ccccc5n(C)c4c31)CCC=C2. The van der Waals surface area contributed by atoms with Crippen molar-refractivity contribution in [2.24, 2.45) is 7.05 Å². The van der Waals surface area contributed by atoms with Gasteiger partial charge in [0.1, 0.15) is 0 Å². The zero-order chi connectivity index (χ0) is 24.2. The number of benzene rings is 4. The van der Waals surface area contributed by atoms with Gasteiger partial charge in [-0.3, -0.25) is 0 Å². The van der Waals surface area contributed by atoms with E-state index < -0.39 is 0 Å². The van der Waals surface area contributed by atoms with Crippen molar-refractivity contribution in [3.05, 3.63) is 126 Å². The average molecular weight is 467 g/mol. The Morgan fingerprint density at radius 2 is 1.31 bits per heavy atom. The van der Waals surface area contributed by atoms with Gasteiger partial charge in [0.15, 0.2) is 0 Å². The third-order valence-corrected chi connectivity index (χ3v) is 8.22. The predicted octanol–water partition coefficient (Wildman–Crippen LogP) is 8.64. The van der Waals surface area contributed by atoms with Crippen LogP contribution in [0.1, 0.15) is 47.7 Å². The van der Waals surface area contributed by atoms with Gasteiger partial charge in [-0.05, 0) is 48.6 Å². The van der Waals surface area contributed by atoms with Crippen LogP contribution in [0.5, 0.6) is 0 Å². The lowest BCUT2D eigenvalue weighted by atomic mass is 9.85. The summed E-state index contributed by atoms with van der Waals surface area (Å²) in [6, 6.07) is 35.8. The summed E-state index contributed by atoms with van der Waals surface area (Å²) in [5.74, 6) is 0.243. The van der Waals surface area contributed by atoms with Crippen LogP contribution in [0.2, 0.25) is 0 Å². The van der Waals surface area contributed by atoms with Gasteiger partial charge in [-0.15, -0.1) is 0 Å². The largest absolute Gasteiger partial charge is 0.342 e. The predicted molar refractivity (Wildman–Crippen MR) is 153 cm³/mol. The van der Waals surface area contributed by atoms with Crippen molar-refractivity contribution >= 4 is 38.8 Å². The molecule has 2 aromatic heterocycles. The summed E-state index contributed by atoms with van der Waals surface area (Å²) < 4.78 is 5.07. The summed E-state index contributed by atoms with van der Waals surface area (Å²) in [4.78, 5) is 0. The summed E-state index contributed by atoms with van der Waals surface area (Å²) in [7, 11) is 2.23. The fourth-order valence-electron chi connectivity index (χ4n) is 6.65. The second-order valence-electron chi connectivity index (χ2n) is 10.1. The van der Waals surface area contributed by atoms with Crippen molar-refractivity contribution in [2.45, 2.75) is 31.7 Å². The van der Waals surface area contributed by atoms with Crippen LogP contribution in [0, 0.1) is 0 Å². The molecule has 2 heteroatoms. The molecule has 7 rings (SSSR count). The van der Waals surface area contributed by atoms with Crippen molar-refractivity contribution in [2.75, 3.05) is 0 Å². The van der Waals surface area contributed by atoms with E-state index in [9.17, 15) is 0 Å². The van der Waals surface area contributed by atoms with E-state index in [2.05, 4.69) is 132 Å². The van der Waals surface area contributed by atoms with Crippen LogP contribution in [0.3, 0.4) is 0 Å². The van der Waals surface area contributed by atoms with Crippen LogP contribution in [0.15, 0.2) is 103 Å². The number of para-hydroxylation sites is 1. The van der Waals surface area contributed by atoms with E-state index in [-0.39, 0.29) is 12.0 Å². The summed E-state index contributed by atoms with van der Waals surface area (Å²) in [6.07, 6.45) is 6.92. The molecule has 0 fully saturated rings. The first-order valence-electron chi connectivity index (χ1n) is 13.0. The van der Waals surface area contributed by atoms with Gasteiger partial charge in [0.2, 0.25) is 0 Å². The topological polar surface area (TPSA) is 9.86 Å². The minimum Gasteiger partial charge on any atom is -0.342 e. The maximum Gasteiger partial charge on any atom is 0.0738 e. The minimum absolute atomic E-state index is 0.229. The fraction of sp³-hybridized carbons (Fsp3) is 0.176. The Kier molecular flexibility index (Phi) is 4.89. The Hall–Kier alpha value is -4.04. The molecule has 0 amide bonds. The van der Waals surface area contributed by atoms with E-state index >= 15 is 0 Å². The van der Waals surface area contributed by atoms with Crippen molar-refractivity contribution in [1.82, 2.24) is 9.13 Å². The Morgan fingerprint density at radius 1 is 0.667 bits per heavy atom. The average Bonchev–Trinajstić information content (AvgIpc) is 3.42. The smallest absolute Gasteiger partial charge is 0.0738 e. The maximum absolute atomic E-state index is 2.66. The van der Waals surface area contributed by atoms with E-state index in [4.69, 9.17) is 0 Å². The quantitative estimate of drug-likeness (QED) is 0.246. The maximum atomic E-state index is 2.66. The summed E-state index contributed by atoms with van der Waals surface area (Å²) in [5, 5.41) is 4.07. The van der Waals surface area contributed by atoms with Crippen LogP contribution < -0.4 is 0 Å². The molecule has 0 spiro atoms. The lowest BCUT2D eigenvalue weighted by Gasteiger charge is -2.29. The van der Waals surface area contributed by atoms with E-state index in [1.54, 1.807) is 0 Å². The third-order valence-electron chi connectivity index (χ3n) is 8.22. The molecule has 2 heterocycles. The molecule has 1 atom stereocenters. The summed E-state index contributed by atoms with van der Waals surface area (Å²) >= 11 is 0. The molecule has 0 saturated carbocycles. The lowest BCUT2D eigenvalue weighted by Crippen LogP contribution is -2.18. The standard InChI is InChI=1S/C34H30N2/c1-23(32(24-13-5-3-6-14-24)25-15-7-4-8-16-25)36-31-20-12-10-18-27(31)29-22-21-28-26-17-9-11-19-30(26)35(2)33(28)34(29)36/h3-9,11-17,19-23,32H,10,18H2,1-2H3. The molecular weight excluding hydrogens is 436 g/mol. The monoisotopic (exact) mass is 466 g/mol. The Bertz CT molecular complexity index is 1710. The zero-order valence-electron chi connectivity index (χ0n) is 20.9. The molecule has 36 heavy (non-hydrogen) atoms. The van der Waals surface area contributed by atoms with Gasteiger partial charge >= 0.3 is 0 Å². The van der Waals surface area contributed by atoms with Crippen molar-refractivity contribution in [3.8, 4) is 0 Å². The van der Waals surface area contributed by atoms with Gasteiger partial charge in [-0.1, -0.05) is 97.1 Å². The highest BCUT2D eigenvalue weighted by atomic mass is 15.1. The molecule has 0 saturated heterocycles. The Morgan fingerprint density at radius 3 is 2.03 bits per heavy atom. The molecule has 4 aromatic carbocycles. The van der Waals surface area contributed by atoms with Crippen LogP contribution >= 0.6 is 0 Å². The molecule has 1 aliphatic rings. The molecule has 1 aliphatic carbocycles. The van der Waals surface area contributed by atoms with Crippen LogP contribution in [0.25, 0.3) is 38.8 Å². The minimum atomic E-state index is 0.229. The number of hydrogen-bond donors (Lipinski definition) is 0. The molecule has 0 aliphatic heterocycles. The van der Waals surface area contributed by atoms with E-state index in [0.717, 1.165) is 12.8 Å². The number of fused-ring (bicyclic) bond motifs is 7. The van der Waals surface area contributed by atoms with Crippen LogP contribution in [0.4, 0.5) is 0 Å². The van der Waals surface area contributed by atoms with Gasteiger partial charge in [0, 0.05) is 46.4 Å². The third kappa shape index (κ3) is 3.04. The number of allylic oxidation sites excluding steroid dienone is 1. The van der Waals surface area contributed by atoms with Crippen molar-refractivity contribution in [3.63, 3.8) is 0 Å². The first-order chi connectivity index (χ1) is 17.7. The molecule has 2 nitrogen and oxygen atoms in total. The first kappa shape index (κ1) is 21.3. The highest BCUT2D eigenvalue weighted by Gasteiger charge is 2.29. The van der Waals surface area contributed by atoms with Crippen molar-refractivity contribution < 1.29 is 0 Å². The molecule has 0 radical (unpaired) electrons. The molecule has 1 unspecified atom stereocenters. The van der Waals surface area contributed by atoms with E-state index in [1.165, 1.54) is 55.1 Å². The molecular formula is C34H30N2. The number of nitrogens with zero attached hydrogens (tertiary/aromatic N) is 2. The van der Waals surface area contributed by atoms with Gasteiger partial charge < -0.3 is 9.13 Å². The van der Waals surface area contributed by atoms with Gasteiger partial charge in [0.25, 0.3) is 0 Å². The van der Waals surface area contributed by atoms with Crippen LogP contribution in [-0.4, -0.2) is 9.13 Å². The second kappa shape index (κ2) is 8.27. The number of aryl methyl sites for hydroxylation is 2. The summed E-state index contributed by atoms with van der Waals surface area (Å²) in [6.45, 7) is 2.41. The van der Waals surface area contributed by atoms with Crippen LogP contribution in [-0.2, 0) is 13.5 Å². The van der Waals surface area contributed by atoms with Gasteiger partial charge in [0.05, 0.1) is 11.0 Å². The molecule has 176 valence electrons. The summed E-state index contributed by atoms with van der Waals surface area (Å²) in [5.41, 5.74) is 9.57.